The normalized spacial score (nSPS) is 21.8. The van der Waals surface area contributed by atoms with E-state index in [1.807, 2.05) is 32.0 Å². The highest BCUT2D eigenvalue weighted by molar-refractivity contribution is 5.99. The van der Waals surface area contributed by atoms with E-state index in [2.05, 4.69) is 17.6 Å². The van der Waals surface area contributed by atoms with Gasteiger partial charge in [-0.05, 0) is 49.8 Å². The Kier molecular flexibility index (Phi) is 5.05. The summed E-state index contributed by atoms with van der Waals surface area (Å²) in [6, 6.07) is 5.95. The maximum atomic E-state index is 12.4. The Labute approximate surface area is 122 Å². The van der Waals surface area contributed by atoms with E-state index in [9.17, 15) is 4.79 Å². The van der Waals surface area contributed by atoms with Crippen molar-refractivity contribution in [3.05, 3.63) is 29.3 Å². The lowest BCUT2D eigenvalue weighted by Gasteiger charge is -2.17. The third kappa shape index (κ3) is 3.53. The second kappa shape index (κ2) is 6.78. The van der Waals surface area contributed by atoms with Crippen LogP contribution in [0.4, 0.5) is 5.69 Å². The summed E-state index contributed by atoms with van der Waals surface area (Å²) < 4.78 is 0. The molecule has 2 N–H and O–H groups in total. The lowest BCUT2D eigenvalue weighted by molar-refractivity contribution is 0.0945. The van der Waals surface area contributed by atoms with Crippen LogP contribution in [0.25, 0.3) is 0 Å². The Bertz CT molecular complexity index is 470. The molecule has 2 rings (SSSR count). The SMILES string of the molecule is CCNc1cc(C)ccc1C(=O)NCC1CCCC1C. The fourth-order valence-corrected chi connectivity index (χ4v) is 3.04. The molecule has 110 valence electrons. The molecule has 20 heavy (non-hydrogen) atoms. The summed E-state index contributed by atoms with van der Waals surface area (Å²) in [5, 5.41) is 6.38. The molecule has 2 atom stereocenters. The number of rotatable bonds is 5. The first-order valence-corrected chi connectivity index (χ1v) is 7.74. The van der Waals surface area contributed by atoms with E-state index in [0.717, 1.165) is 30.3 Å². The second-order valence-electron chi connectivity index (χ2n) is 5.96. The zero-order chi connectivity index (χ0) is 14.5. The summed E-state index contributed by atoms with van der Waals surface area (Å²) >= 11 is 0. The average Bonchev–Trinajstić information content (AvgIpc) is 2.82. The van der Waals surface area contributed by atoms with Crippen LogP contribution in [0.5, 0.6) is 0 Å². The van der Waals surface area contributed by atoms with Gasteiger partial charge < -0.3 is 10.6 Å². The van der Waals surface area contributed by atoms with Gasteiger partial charge in [0.15, 0.2) is 0 Å². The first-order valence-electron chi connectivity index (χ1n) is 7.74. The average molecular weight is 274 g/mol. The highest BCUT2D eigenvalue weighted by Gasteiger charge is 2.24. The molecule has 0 aliphatic heterocycles. The predicted octanol–water partition coefficient (Wildman–Crippen LogP) is 3.59. The van der Waals surface area contributed by atoms with E-state index in [1.54, 1.807) is 0 Å². The molecule has 1 aromatic carbocycles. The largest absolute Gasteiger partial charge is 0.385 e. The smallest absolute Gasteiger partial charge is 0.253 e. The summed E-state index contributed by atoms with van der Waals surface area (Å²) in [7, 11) is 0. The highest BCUT2D eigenvalue weighted by Crippen LogP contribution is 2.30. The van der Waals surface area contributed by atoms with Gasteiger partial charge in [-0.2, -0.15) is 0 Å². The fourth-order valence-electron chi connectivity index (χ4n) is 3.04. The van der Waals surface area contributed by atoms with Crippen molar-refractivity contribution < 1.29 is 4.79 Å². The minimum atomic E-state index is 0.0417. The maximum absolute atomic E-state index is 12.4. The van der Waals surface area contributed by atoms with Crippen molar-refractivity contribution in [1.82, 2.24) is 5.32 Å². The molecule has 3 nitrogen and oxygen atoms in total. The van der Waals surface area contributed by atoms with E-state index in [1.165, 1.54) is 24.8 Å². The summed E-state index contributed by atoms with van der Waals surface area (Å²) in [4.78, 5) is 12.4. The molecule has 0 aromatic heterocycles. The molecule has 1 aliphatic carbocycles. The fraction of sp³-hybridized carbons (Fsp3) is 0.588. The highest BCUT2D eigenvalue weighted by atomic mass is 16.1. The maximum Gasteiger partial charge on any atom is 0.253 e. The molecule has 1 aromatic rings. The number of nitrogens with one attached hydrogen (secondary N) is 2. The lowest BCUT2D eigenvalue weighted by atomic mass is 9.98. The molecule has 2 unspecified atom stereocenters. The molecule has 0 saturated heterocycles. The summed E-state index contributed by atoms with van der Waals surface area (Å²) in [5.41, 5.74) is 2.86. The van der Waals surface area contributed by atoms with Crippen molar-refractivity contribution in [1.29, 1.82) is 0 Å². The van der Waals surface area contributed by atoms with Crippen molar-refractivity contribution in [3.63, 3.8) is 0 Å². The van der Waals surface area contributed by atoms with Crippen LogP contribution in [0.2, 0.25) is 0 Å². The van der Waals surface area contributed by atoms with Gasteiger partial charge in [-0.3, -0.25) is 4.79 Å². The number of hydrogen-bond acceptors (Lipinski definition) is 2. The third-order valence-corrected chi connectivity index (χ3v) is 4.35. The Hall–Kier alpha value is -1.51. The van der Waals surface area contributed by atoms with Crippen molar-refractivity contribution in [2.24, 2.45) is 11.8 Å². The first-order chi connectivity index (χ1) is 9.61. The van der Waals surface area contributed by atoms with Crippen LogP contribution in [-0.2, 0) is 0 Å². The van der Waals surface area contributed by atoms with Gasteiger partial charge in [0.2, 0.25) is 0 Å². The van der Waals surface area contributed by atoms with Gasteiger partial charge in [-0.15, -0.1) is 0 Å². The topological polar surface area (TPSA) is 41.1 Å². The van der Waals surface area contributed by atoms with Gasteiger partial charge in [0.05, 0.1) is 5.56 Å². The van der Waals surface area contributed by atoms with E-state index < -0.39 is 0 Å². The second-order valence-corrected chi connectivity index (χ2v) is 5.96. The van der Waals surface area contributed by atoms with Gasteiger partial charge in [0, 0.05) is 18.8 Å². The lowest BCUT2D eigenvalue weighted by Crippen LogP contribution is -2.30. The van der Waals surface area contributed by atoms with Gasteiger partial charge in [0.25, 0.3) is 5.91 Å². The third-order valence-electron chi connectivity index (χ3n) is 4.35. The number of carbonyl (C=O) groups excluding carboxylic acids is 1. The van der Waals surface area contributed by atoms with Crippen molar-refractivity contribution in [2.45, 2.75) is 40.0 Å². The van der Waals surface area contributed by atoms with E-state index in [0.29, 0.717) is 5.92 Å². The molecule has 1 fully saturated rings. The number of aryl methyl sites for hydroxylation is 1. The number of carbonyl (C=O) groups is 1. The number of amides is 1. The van der Waals surface area contributed by atoms with Crippen LogP contribution in [0.1, 0.15) is 49.0 Å². The molecule has 3 heteroatoms. The van der Waals surface area contributed by atoms with Gasteiger partial charge >= 0.3 is 0 Å². The van der Waals surface area contributed by atoms with Crippen LogP contribution in [0.15, 0.2) is 18.2 Å². The molecule has 0 radical (unpaired) electrons. The quantitative estimate of drug-likeness (QED) is 0.861. The standard InChI is InChI=1S/C17H26N2O/c1-4-18-16-10-12(2)8-9-15(16)17(20)19-11-14-7-5-6-13(14)3/h8-10,13-14,18H,4-7,11H2,1-3H3,(H,19,20). The summed E-state index contributed by atoms with van der Waals surface area (Å²) in [6.45, 7) is 8.01. The van der Waals surface area contributed by atoms with E-state index in [4.69, 9.17) is 0 Å². The van der Waals surface area contributed by atoms with Crippen LogP contribution in [0, 0.1) is 18.8 Å². The predicted molar refractivity (Wildman–Crippen MR) is 84.2 cm³/mol. The molecule has 0 bridgehead atoms. The van der Waals surface area contributed by atoms with Gasteiger partial charge in [0.1, 0.15) is 0 Å². The number of anilines is 1. The Morgan fingerprint density at radius 3 is 2.80 bits per heavy atom. The molecular weight excluding hydrogens is 248 g/mol. The van der Waals surface area contributed by atoms with E-state index in [-0.39, 0.29) is 5.91 Å². The molecule has 1 saturated carbocycles. The number of hydrogen-bond donors (Lipinski definition) is 2. The van der Waals surface area contributed by atoms with Crippen LogP contribution >= 0.6 is 0 Å². The van der Waals surface area contributed by atoms with E-state index >= 15 is 0 Å². The van der Waals surface area contributed by atoms with Crippen LogP contribution in [0.3, 0.4) is 0 Å². The van der Waals surface area contributed by atoms with Gasteiger partial charge in [-0.1, -0.05) is 25.8 Å². The Balaban J connectivity index is 2.01. The summed E-state index contributed by atoms with van der Waals surface area (Å²) in [5.74, 6) is 1.42. The van der Waals surface area contributed by atoms with Crippen molar-refractivity contribution in [2.75, 3.05) is 18.4 Å². The zero-order valence-corrected chi connectivity index (χ0v) is 12.8. The monoisotopic (exact) mass is 274 g/mol. The molecule has 0 heterocycles. The zero-order valence-electron chi connectivity index (χ0n) is 12.8. The molecule has 1 aliphatic rings. The van der Waals surface area contributed by atoms with Gasteiger partial charge in [-0.25, -0.2) is 0 Å². The van der Waals surface area contributed by atoms with Crippen molar-refractivity contribution in [3.8, 4) is 0 Å². The Morgan fingerprint density at radius 2 is 2.15 bits per heavy atom. The molecule has 0 spiro atoms. The minimum Gasteiger partial charge on any atom is -0.385 e. The first kappa shape index (κ1) is 14.9. The van der Waals surface area contributed by atoms with Crippen LogP contribution in [-0.4, -0.2) is 19.0 Å². The molecular formula is C17H26N2O. The summed E-state index contributed by atoms with van der Waals surface area (Å²) in [6.07, 6.45) is 3.85. The number of benzene rings is 1. The van der Waals surface area contributed by atoms with Crippen LogP contribution < -0.4 is 10.6 Å². The van der Waals surface area contributed by atoms with Crippen molar-refractivity contribution >= 4 is 11.6 Å². The Morgan fingerprint density at radius 1 is 1.35 bits per heavy atom. The molecule has 1 amide bonds. The minimum absolute atomic E-state index is 0.0417.